The van der Waals surface area contributed by atoms with Crippen LogP contribution in [0.5, 0.6) is 0 Å². The van der Waals surface area contributed by atoms with Gasteiger partial charge in [0.25, 0.3) is 0 Å². The first kappa shape index (κ1) is 50.6. The summed E-state index contributed by atoms with van der Waals surface area (Å²) in [6, 6.07) is -1.57. The van der Waals surface area contributed by atoms with E-state index in [0.717, 1.165) is 57.8 Å². The van der Waals surface area contributed by atoms with Crippen LogP contribution in [0.2, 0.25) is 0 Å². The lowest BCUT2D eigenvalue weighted by molar-refractivity contribution is -0.160. The van der Waals surface area contributed by atoms with Crippen molar-refractivity contribution >= 4 is 25.7 Å². The zero-order chi connectivity index (χ0) is 40.9. The Morgan fingerprint density at radius 1 is 0.800 bits per heavy atom. The summed E-state index contributed by atoms with van der Waals surface area (Å²) < 4.78 is 32.5. The van der Waals surface area contributed by atoms with Gasteiger partial charge in [0.2, 0.25) is 0 Å². The zero-order valence-electron chi connectivity index (χ0n) is 33.1. The van der Waals surface area contributed by atoms with Crippen LogP contribution < -0.4 is 5.73 Å². The summed E-state index contributed by atoms with van der Waals surface area (Å²) >= 11 is 0. The Bertz CT molecular complexity index is 1200. The van der Waals surface area contributed by atoms with Gasteiger partial charge in [-0.3, -0.25) is 23.4 Å². The molecule has 0 amide bonds. The Morgan fingerprint density at radius 2 is 1.42 bits per heavy atom. The van der Waals surface area contributed by atoms with Crippen LogP contribution in [0, 0.1) is 11.8 Å². The van der Waals surface area contributed by atoms with Crippen molar-refractivity contribution in [2.75, 3.05) is 19.8 Å². The Hall–Kier alpha value is -2.42. The largest absolute Gasteiger partial charge is 0.480 e. The molecule has 15 heteroatoms. The van der Waals surface area contributed by atoms with Crippen LogP contribution in [0.4, 0.5) is 0 Å². The summed E-state index contributed by atoms with van der Waals surface area (Å²) in [5.74, 6) is -3.44. The van der Waals surface area contributed by atoms with Crippen molar-refractivity contribution in [2.45, 2.75) is 166 Å². The van der Waals surface area contributed by atoms with Crippen molar-refractivity contribution in [3.05, 3.63) is 36.5 Å². The maximum absolute atomic E-state index is 12.7. The van der Waals surface area contributed by atoms with Crippen molar-refractivity contribution in [3.8, 4) is 0 Å². The fourth-order valence-corrected chi connectivity index (χ4v) is 6.93. The molecule has 0 heterocycles. The van der Waals surface area contributed by atoms with E-state index in [2.05, 4.69) is 30.5 Å². The molecule has 1 aliphatic carbocycles. The fourth-order valence-electron chi connectivity index (χ4n) is 6.15. The molecule has 1 unspecified atom stereocenters. The Balaban J connectivity index is 2.62. The van der Waals surface area contributed by atoms with E-state index in [-0.39, 0.29) is 31.1 Å². The van der Waals surface area contributed by atoms with Crippen LogP contribution in [-0.2, 0) is 37.5 Å². The van der Waals surface area contributed by atoms with E-state index in [9.17, 15) is 39.2 Å². The van der Waals surface area contributed by atoms with Crippen LogP contribution in [0.15, 0.2) is 36.5 Å². The summed E-state index contributed by atoms with van der Waals surface area (Å²) in [6.45, 7) is 2.31. The van der Waals surface area contributed by atoms with E-state index in [4.69, 9.17) is 24.8 Å². The van der Waals surface area contributed by atoms with Gasteiger partial charge < -0.3 is 40.5 Å². The van der Waals surface area contributed by atoms with Gasteiger partial charge in [-0.2, -0.15) is 0 Å². The van der Waals surface area contributed by atoms with Gasteiger partial charge in [-0.05, 0) is 50.9 Å². The first-order valence-corrected chi connectivity index (χ1v) is 21.8. The number of ether oxygens (including phenoxy) is 2. The Morgan fingerprint density at radius 3 is 2.09 bits per heavy atom. The minimum atomic E-state index is -4.81. The molecule has 1 fully saturated rings. The average Bonchev–Trinajstić information content (AvgIpc) is 3.41. The van der Waals surface area contributed by atoms with Crippen molar-refractivity contribution in [2.24, 2.45) is 17.6 Å². The van der Waals surface area contributed by atoms with Gasteiger partial charge in [-0.25, -0.2) is 4.57 Å². The second-order valence-electron chi connectivity index (χ2n) is 14.4. The molecule has 14 nitrogen and oxygen atoms in total. The lowest BCUT2D eigenvalue weighted by atomic mass is 9.89. The average molecular weight is 804 g/mol. The van der Waals surface area contributed by atoms with Gasteiger partial charge in [-0.15, -0.1) is 0 Å². The van der Waals surface area contributed by atoms with Gasteiger partial charge >= 0.3 is 25.7 Å². The molecule has 0 saturated heterocycles. The normalized spacial score (nSPS) is 21.6. The molecule has 0 aromatic rings. The fraction of sp³-hybridized carbons (Fsp3) is 0.775. The molecule has 0 radical (unpaired) electrons. The van der Waals surface area contributed by atoms with E-state index < -0.39 is 76.0 Å². The quantitative estimate of drug-likeness (QED) is 0.0182. The number of unbranched alkanes of at least 4 members (excludes halogenated alkanes) is 11. The van der Waals surface area contributed by atoms with E-state index >= 15 is 0 Å². The van der Waals surface area contributed by atoms with E-state index in [0.29, 0.717) is 19.3 Å². The molecule has 0 bridgehead atoms. The summed E-state index contributed by atoms with van der Waals surface area (Å²) in [4.78, 5) is 46.1. The topological polar surface area (TPSA) is 232 Å². The maximum atomic E-state index is 12.7. The van der Waals surface area contributed by atoms with Gasteiger partial charge in [0.1, 0.15) is 12.6 Å². The molecule has 7 N–H and O–H groups in total. The van der Waals surface area contributed by atoms with Crippen molar-refractivity contribution in [1.82, 2.24) is 0 Å². The molecule has 1 saturated carbocycles. The van der Waals surface area contributed by atoms with Gasteiger partial charge in [0, 0.05) is 18.8 Å². The number of aliphatic carboxylic acids is 1. The van der Waals surface area contributed by atoms with Gasteiger partial charge in [0.15, 0.2) is 6.10 Å². The number of aliphatic hydroxyl groups is 3. The number of carboxylic acids is 1. The highest BCUT2D eigenvalue weighted by Gasteiger charge is 2.39. The highest BCUT2D eigenvalue weighted by atomic mass is 31.2. The SMILES string of the molecule is CCCCCC/C=C\CCCCCCCC(=O)OC[C@H](COP(=O)(O)OC[C@H](N)C(=O)O)OC(=O)C/C=C\C[C@H]1[C@@H](/C=C/[C@H](O)CCCCC)[C@H](O)C[C@@H]1O. The third-order valence-corrected chi connectivity index (χ3v) is 10.4. The predicted octanol–water partition coefficient (Wildman–Crippen LogP) is 6.44. The molecule has 55 heavy (non-hydrogen) atoms. The first-order chi connectivity index (χ1) is 26.3. The monoisotopic (exact) mass is 803 g/mol. The standard InChI is InChI=1S/C40H70NO13P/c1-3-5-7-8-9-10-11-12-13-14-15-16-18-23-38(45)51-28-32(29-52-55(49,50)53-30-35(41)40(47)48)54-39(46)24-20-19-22-33-34(37(44)27-36(33)43)26-25-31(42)21-17-6-4-2/h10-11,19-20,25-26,31-37,42-44H,3-9,12-18,21-24,27-30,41H2,1-2H3,(H,47,48)(H,49,50)/b11-10-,20-19-,26-25+/t31-,32-,33+,34-,35+,36+,37-/m1/s1. The molecule has 0 aromatic carbocycles. The number of phosphoric ester groups is 1. The lowest BCUT2D eigenvalue weighted by Crippen LogP contribution is -2.34. The van der Waals surface area contributed by atoms with E-state index in [1.807, 2.05) is 0 Å². The highest BCUT2D eigenvalue weighted by molar-refractivity contribution is 7.47. The molecule has 0 aromatic heterocycles. The summed E-state index contributed by atoms with van der Waals surface area (Å²) in [5.41, 5.74) is 5.31. The number of rotatable bonds is 33. The molecular formula is C40H70NO13P. The summed E-state index contributed by atoms with van der Waals surface area (Å²) in [7, 11) is -4.81. The van der Waals surface area contributed by atoms with Crippen molar-refractivity contribution in [1.29, 1.82) is 0 Å². The minimum absolute atomic E-state index is 0.145. The molecular weight excluding hydrogens is 733 g/mol. The summed E-state index contributed by atoms with van der Waals surface area (Å²) in [5, 5.41) is 40.2. The third-order valence-electron chi connectivity index (χ3n) is 9.46. The third kappa shape index (κ3) is 25.5. The highest BCUT2D eigenvalue weighted by Crippen LogP contribution is 2.43. The number of hydrogen-bond acceptors (Lipinski definition) is 12. The second-order valence-corrected chi connectivity index (χ2v) is 15.9. The minimum Gasteiger partial charge on any atom is -0.480 e. The predicted molar refractivity (Wildman–Crippen MR) is 210 cm³/mol. The van der Waals surface area contributed by atoms with Gasteiger partial charge in [-0.1, -0.05) is 108 Å². The Labute approximate surface area is 328 Å². The number of carbonyl (C=O) groups excluding carboxylic acids is 2. The zero-order valence-corrected chi connectivity index (χ0v) is 34.0. The molecule has 0 spiro atoms. The molecule has 1 aliphatic rings. The van der Waals surface area contributed by atoms with Crippen LogP contribution in [0.25, 0.3) is 0 Å². The van der Waals surface area contributed by atoms with E-state index in [1.165, 1.54) is 31.8 Å². The number of carboxylic acid groups (broad SMARTS) is 1. The number of aliphatic hydroxyl groups excluding tert-OH is 3. The molecule has 8 atom stereocenters. The number of hydrogen-bond donors (Lipinski definition) is 6. The second kappa shape index (κ2) is 30.7. The number of esters is 2. The van der Waals surface area contributed by atoms with Crippen LogP contribution in [0.3, 0.4) is 0 Å². The van der Waals surface area contributed by atoms with Crippen LogP contribution in [0.1, 0.15) is 136 Å². The Kier molecular flexibility index (Phi) is 28.2. The number of carbonyl (C=O) groups is 3. The van der Waals surface area contributed by atoms with E-state index in [1.54, 1.807) is 18.2 Å². The smallest absolute Gasteiger partial charge is 0.472 e. The van der Waals surface area contributed by atoms with Gasteiger partial charge in [0.05, 0.1) is 37.9 Å². The molecule has 318 valence electrons. The number of allylic oxidation sites excluding steroid dienone is 3. The molecule has 1 rings (SSSR count). The van der Waals surface area contributed by atoms with Crippen LogP contribution >= 0.6 is 7.82 Å². The van der Waals surface area contributed by atoms with Crippen LogP contribution in [-0.4, -0.2) is 93.5 Å². The number of phosphoric acid groups is 1. The maximum Gasteiger partial charge on any atom is 0.472 e. The first-order valence-electron chi connectivity index (χ1n) is 20.3. The lowest BCUT2D eigenvalue weighted by Gasteiger charge is -2.20. The van der Waals surface area contributed by atoms with Crippen molar-refractivity contribution < 1.29 is 62.8 Å². The van der Waals surface area contributed by atoms with Crippen molar-refractivity contribution in [3.63, 3.8) is 0 Å². The summed E-state index contributed by atoms with van der Waals surface area (Å²) in [6.07, 6.45) is 23.5. The molecule has 0 aliphatic heterocycles. The number of nitrogens with two attached hydrogens (primary N) is 1.